The molecule has 218 valence electrons. The molecule has 0 aromatic heterocycles. The van der Waals surface area contributed by atoms with Gasteiger partial charge in [0.25, 0.3) is 5.91 Å². The summed E-state index contributed by atoms with van der Waals surface area (Å²) in [5.74, 6) is -1.55. The van der Waals surface area contributed by atoms with Gasteiger partial charge in [0, 0.05) is 18.7 Å². The first-order chi connectivity index (χ1) is 19.4. The van der Waals surface area contributed by atoms with Gasteiger partial charge in [0.15, 0.2) is 0 Å². The molecule has 0 aliphatic carbocycles. The van der Waals surface area contributed by atoms with Gasteiger partial charge in [0.05, 0.1) is 0 Å². The number of hydrogen-bond acceptors (Lipinski definition) is 5. The number of likely N-dealkylation sites (N-methyl/N-ethyl adjacent to an activating group) is 1. The molecular formula is C32H40N4O5. The molecule has 2 unspecified atom stereocenters. The van der Waals surface area contributed by atoms with Crippen LogP contribution in [-0.4, -0.2) is 46.9 Å². The molecule has 0 spiro atoms. The zero-order valence-electron chi connectivity index (χ0n) is 24.4. The van der Waals surface area contributed by atoms with Crippen LogP contribution in [0.2, 0.25) is 0 Å². The van der Waals surface area contributed by atoms with Crippen LogP contribution in [0.5, 0.6) is 0 Å². The van der Waals surface area contributed by atoms with E-state index in [0.717, 1.165) is 22.8 Å². The minimum atomic E-state index is -1.14. The number of fused-ring (bicyclic) bond motifs is 1. The molecule has 41 heavy (non-hydrogen) atoms. The number of carbonyl (C=O) groups is 4. The Balaban J connectivity index is 1.97. The van der Waals surface area contributed by atoms with Crippen molar-refractivity contribution < 1.29 is 23.9 Å². The van der Waals surface area contributed by atoms with Crippen LogP contribution in [0.3, 0.4) is 0 Å². The van der Waals surface area contributed by atoms with Crippen LogP contribution in [0.1, 0.15) is 64.6 Å². The van der Waals surface area contributed by atoms with Gasteiger partial charge in [-0.25, -0.2) is 4.79 Å². The fraction of sp³-hybridized carbons (Fsp3) is 0.375. The number of rotatable bonds is 11. The van der Waals surface area contributed by atoms with E-state index in [9.17, 15) is 19.2 Å². The normalized spacial score (nSPS) is 12.7. The van der Waals surface area contributed by atoms with Gasteiger partial charge in [-0.3, -0.25) is 14.4 Å². The molecule has 0 heterocycles. The number of alkyl carbamates (subject to hydrolysis) is 1. The number of benzene rings is 3. The highest BCUT2D eigenvalue weighted by molar-refractivity contribution is 6.00. The quantitative estimate of drug-likeness (QED) is 0.301. The zero-order valence-corrected chi connectivity index (χ0v) is 24.4. The maximum atomic E-state index is 14.0. The van der Waals surface area contributed by atoms with E-state index in [1.165, 1.54) is 4.90 Å². The average molecular weight is 561 g/mol. The first kappa shape index (κ1) is 31.1. The smallest absolute Gasteiger partial charge is 0.408 e. The Morgan fingerprint density at radius 3 is 2.17 bits per heavy atom. The molecule has 2 atom stereocenters. The summed E-state index contributed by atoms with van der Waals surface area (Å²) < 4.78 is 5.35. The van der Waals surface area contributed by atoms with Crippen molar-refractivity contribution in [1.29, 1.82) is 0 Å². The number of anilines is 1. The number of nitrogens with zero attached hydrogens (tertiary/aromatic N) is 1. The fourth-order valence-electron chi connectivity index (χ4n) is 4.55. The molecule has 3 aromatic rings. The summed E-state index contributed by atoms with van der Waals surface area (Å²) in [4.78, 5) is 53.5. The summed E-state index contributed by atoms with van der Waals surface area (Å²) in [6.07, 6.45) is -0.166. The summed E-state index contributed by atoms with van der Waals surface area (Å²) in [5.41, 5.74) is 6.85. The van der Waals surface area contributed by atoms with Gasteiger partial charge in [-0.1, -0.05) is 61.5 Å². The van der Waals surface area contributed by atoms with E-state index in [1.807, 2.05) is 73.7 Å². The third-order valence-corrected chi connectivity index (χ3v) is 6.57. The number of nitrogens with two attached hydrogens (primary N) is 1. The Kier molecular flexibility index (Phi) is 10.5. The van der Waals surface area contributed by atoms with E-state index in [1.54, 1.807) is 27.7 Å². The predicted octanol–water partition coefficient (Wildman–Crippen LogP) is 5.09. The Morgan fingerprint density at radius 2 is 1.59 bits per heavy atom. The molecule has 3 rings (SSSR count). The standard InChI is InChI=1S/C32H40N4O5/c1-6-21-12-14-23(15-13-21)28(29(38)34-25-17-16-22-10-8-9-11-24(22)20-25)36(7-2)30(39)26(18-19-27(33)37)35-31(40)41-32(3,4)5/h8-17,20,26,28H,6-7,18-19H2,1-5H3,(H2,33,37)(H,34,38)(H,35,40). The van der Waals surface area contributed by atoms with Gasteiger partial charge in [0.2, 0.25) is 11.8 Å². The lowest BCUT2D eigenvalue weighted by Gasteiger charge is -2.33. The van der Waals surface area contributed by atoms with Gasteiger partial charge < -0.3 is 26.0 Å². The van der Waals surface area contributed by atoms with Crippen molar-refractivity contribution in [3.05, 3.63) is 77.9 Å². The Hall–Kier alpha value is -4.40. The summed E-state index contributed by atoms with van der Waals surface area (Å²) in [6.45, 7) is 9.07. The largest absolute Gasteiger partial charge is 0.444 e. The van der Waals surface area contributed by atoms with Crippen molar-refractivity contribution in [2.75, 3.05) is 11.9 Å². The SMILES string of the molecule is CCc1ccc(C(C(=O)Nc2ccc3ccccc3c2)N(CC)C(=O)C(CCC(N)=O)NC(=O)OC(C)(C)C)cc1. The van der Waals surface area contributed by atoms with E-state index >= 15 is 0 Å². The lowest BCUT2D eigenvalue weighted by molar-refractivity contribution is -0.140. The summed E-state index contributed by atoms with van der Waals surface area (Å²) in [5, 5.41) is 7.56. The molecule has 0 fully saturated rings. The van der Waals surface area contributed by atoms with Crippen molar-refractivity contribution in [2.24, 2.45) is 5.73 Å². The van der Waals surface area contributed by atoms with E-state index < -0.39 is 41.5 Å². The van der Waals surface area contributed by atoms with Crippen LogP contribution in [-0.2, 0) is 25.5 Å². The maximum Gasteiger partial charge on any atom is 0.408 e. The summed E-state index contributed by atoms with van der Waals surface area (Å²) >= 11 is 0. The first-order valence-corrected chi connectivity index (χ1v) is 13.9. The Labute approximate surface area is 241 Å². The molecule has 0 saturated carbocycles. The molecule has 0 aliphatic heterocycles. The molecule has 0 saturated heterocycles. The van der Waals surface area contributed by atoms with Gasteiger partial charge in [-0.15, -0.1) is 0 Å². The zero-order chi connectivity index (χ0) is 30.2. The van der Waals surface area contributed by atoms with Crippen molar-refractivity contribution in [2.45, 2.75) is 71.6 Å². The highest BCUT2D eigenvalue weighted by Crippen LogP contribution is 2.27. The van der Waals surface area contributed by atoms with Gasteiger partial charge >= 0.3 is 6.09 Å². The molecule has 0 aliphatic rings. The fourth-order valence-corrected chi connectivity index (χ4v) is 4.55. The minimum absolute atomic E-state index is 0.0440. The Morgan fingerprint density at radius 1 is 0.927 bits per heavy atom. The van der Waals surface area contributed by atoms with Crippen molar-refractivity contribution in [3.63, 3.8) is 0 Å². The maximum absolute atomic E-state index is 14.0. The van der Waals surface area contributed by atoms with Crippen LogP contribution in [0.15, 0.2) is 66.7 Å². The summed E-state index contributed by atoms with van der Waals surface area (Å²) in [6, 6.07) is 18.8. The molecule has 4 N–H and O–H groups in total. The minimum Gasteiger partial charge on any atom is -0.444 e. The highest BCUT2D eigenvalue weighted by atomic mass is 16.6. The first-order valence-electron chi connectivity index (χ1n) is 13.9. The van der Waals surface area contributed by atoms with Gasteiger partial charge in [0.1, 0.15) is 17.7 Å². The molecule has 0 radical (unpaired) electrons. The van der Waals surface area contributed by atoms with E-state index in [-0.39, 0.29) is 19.4 Å². The number of aryl methyl sites for hydroxylation is 1. The third kappa shape index (κ3) is 8.79. The second-order valence-electron chi connectivity index (χ2n) is 10.9. The second kappa shape index (κ2) is 13.8. The number of nitrogens with one attached hydrogen (secondary N) is 2. The van der Waals surface area contributed by atoms with Crippen molar-refractivity contribution in [3.8, 4) is 0 Å². The van der Waals surface area contributed by atoms with Crippen LogP contribution >= 0.6 is 0 Å². The molecule has 4 amide bonds. The van der Waals surface area contributed by atoms with E-state index in [2.05, 4.69) is 10.6 Å². The van der Waals surface area contributed by atoms with E-state index in [4.69, 9.17) is 10.5 Å². The predicted molar refractivity (Wildman–Crippen MR) is 160 cm³/mol. The second-order valence-corrected chi connectivity index (χ2v) is 10.9. The van der Waals surface area contributed by atoms with Crippen LogP contribution < -0.4 is 16.4 Å². The van der Waals surface area contributed by atoms with E-state index in [0.29, 0.717) is 11.3 Å². The van der Waals surface area contributed by atoms with Crippen LogP contribution in [0.4, 0.5) is 10.5 Å². The topological polar surface area (TPSA) is 131 Å². The lowest BCUT2D eigenvalue weighted by Crippen LogP contribution is -2.52. The lowest BCUT2D eigenvalue weighted by atomic mass is 9.99. The van der Waals surface area contributed by atoms with Crippen LogP contribution in [0.25, 0.3) is 10.8 Å². The summed E-state index contributed by atoms with van der Waals surface area (Å²) in [7, 11) is 0. The highest BCUT2D eigenvalue weighted by Gasteiger charge is 2.35. The monoisotopic (exact) mass is 560 g/mol. The number of hydrogen-bond donors (Lipinski definition) is 3. The van der Waals surface area contributed by atoms with Crippen LogP contribution in [0, 0.1) is 0 Å². The number of primary amides is 1. The third-order valence-electron chi connectivity index (χ3n) is 6.57. The molecule has 9 nitrogen and oxygen atoms in total. The number of ether oxygens (including phenoxy) is 1. The molecule has 0 bridgehead atoms. The van der Waals surface area contributed by atoms with Crippen molar-refractivity contribution in [1.82, 2.24) is 10.2 Å². The average Bonchev–Trinajstić information content (AvgIpc) is 2.92. The number of carbonyl (C=O) groups excluding carboxylic acids is 4. The Bertz CT molecular complexity index is 1380. The molecule has 9 heteroatoms. The van der Waals surface area contributed by atoms with Crippen molar-refractivity contribution >= 4 is 40.3 Å². The molecular weight excluding hydrogens is 520 g/mol. The number of amides is 4. The molecule has 3 aromatic carbocycles. The van der Waals surface area contributed by atoms with Gasteiger partial charge in [-0.05, 0) is 74.6 Å². The van der Waals surface area contributed by atoms with Gasteiger partial charge in [-0.2, -0.15) is 0 Å².